The van der Waals surface area contributed by atoms with E-state index in [9.17, 15) is 13.2 Å². The van der Waals surface area contributed by atoms with Crippen molar-refractivity contribution in [3.05, 3.63) is 23.9 Å². The lowest BCUT2D eigenvalue weighted by atomic mass is 10.1. The van der Waals surface area contributed by atoms with E-state index in [2.05, 4.69) is 10.3 Å². The van der Waals surface area contributed by atoms with Gasteiger partial charge >= 0.3 is 6.18 Å². The van der Waals surface area contributed by atoms with Crippen LogP contribution < -0.4 is 10.2 Å². The van der Waals surface area contributed by atoms with Crippen molar-refractivity contribution in [2.75, 3.05) is 31.6 Å². The van der Waals surface area contributed by atoms with Crippen molar-refractivity contribution in [2.45, 2.75) is 12.6 Å². The topological polar surface area (TPSA) is 28.2 Å². The lowest BCUT2D eigenvalue weighted by molar-refractivity contribution is -0.137. The Morgan fingerprint density at radius 3 is 2.78 bits per heavy atom. The molecule has 1 aliphatic heterocycles. The van der Waals surface area contributed by atoms with Crippen LogP contribution in [0.3, 0.4) is 0 Å². The lowest BCUT2D eigenvalue weighted by Gasteiger charge is -2.18. The van der Waals surface area contributed by atoms with Gasteiger partial charge in [-0.2, -0.15) is 13.2 Å². The van der Waals surface area contributed by atoms with E-state index in [1.54, 1.807) is 0 Å². The van der Waals surface area contributed by atoms with Crippen molar-refractivity contribution in [1.82, 2.24) is 10.3 Å². The first-order valence-electron chi connectivity index (χ1n) is 5.93. The second-order valence-corrected chi connectivity index (χ2v) is 4.56. The third-order valence-corrected chi connectivity index (χ3v) is 3.18. The Hall–Kier alpha value is -1.30. The molecule has 2 heterocycles. The second-order valence-electron chi connectivity index (χ2n) is 4.56. The molecule has 1 N–H and O–H groups in total. The van der Waals surface area contributed by atoms with Crippen LogP contribution in [0.15, 0.2) is 18.3 Å². The van der Waals surface area contributed by atoms with Gasteiger partial charge in [0.05, 0.1) is 5.56 Å². The quantitative estimate of drug-likeness (QED) is 0.901. The predicted molar refractivity (Wildman–Crippen MR) is 63.5 cm³/mol. The van der Waals surface area contributed by atoms with Crippen molar-refractivity contribution in [3.8, 4) is 0 Å². The van der Waals surface area contributed by atoms with Crippen LogP contribution in [0.5, 0.6) is 0 Å². The fourth-order valence-corrected chi connectivity index (χ4v) is 2.24. The molecule has 1 aromatic heterocycles. The Morgan fingerprint density at radius 2 is 2.22 bits per heavy atom. The fourth-order valence-electron chi connectivity index (χ4n) is 2.24. The molecular weight excluding hydrogens is 243 g/mol. The van der Waals surface area contributed by atoms with E-state index < -0.39 is 11.7 Å². The molecule has 100 valence electrons. The first-order valence-corrected chi connectivity index (χ1v) is 5.93. The molecule has 18 heavy (non-hydrogen) atoms. The van der Waals surface area contributed by atoms with Crippen LogP contribution >= 0.6 is 0 Å². The van der Waals surface area contributed by atoms with Crippen molar-refractivity contribution in [1.29, 1.82) is 0 Å². The molecule has 1 atom stereocenters. The van der Waals surface area contributed by atoms with Crippen LogP contribution in [0, 0.1) is 5.92 Å². The number of nitrogens with zero attached hydrogens (tertiary/aromatic N) is 2. The summed E-state index contributed by atoms with van der Waals surface area (Å²) in [5.41, 5.74) is -0.697. The highest BCUT2D eigenvalue weighted by Crippen LogP contribution is 2.30. The molecule has 1 saturated heterocycles. The molecule has 2 rings (SSSR count). The largest absolute Gasteiger partial charge is 0.417 e. The molecule has 0 aliphatic carbocycles. The first-order chi connectivity index (χ1) is 8.50. The van der Waals surface area contributed by atoms with E-state index in [-0.39, 0.29) is 0 Å². The number of nitrogens with one attached hydrogen (secondary N) is 1. The molecule has 3 nitrogen and oxygen atoms in total. The van der Waals surface area contributed by atoms with Crippen molar-refractivity contribution < 1.29 is 13.2 Å². The van der Waals surface area contributed by atoms with Gasteiger partial charge < -0.3 is 10.2 Å². The first kappa shape index (κ1) is 13.1. The van der Waals surface area contributed by atoms with E-state index in [1.807, 2.05) is 11.9 Å². The third-order valence-electron chi connectivity index (χ3n) is 3.18. The summed E-state index contributed by atoms with van der Waals surface area (Å²) in [4.78, 5) is 5.94. The number of rotatable bonds is 3. The second kappa shape index (κ2) is 5.14. The fraction of sp³-hybridized carbons (Fsp3) is 0.583. The Bertz CT molecular complexity index is 389. The van der Waals surface area contributed by atoms with Crippen molar-refractivity contribution >= 4 is 5.82 Å². The van der Waals surface area contributed by atoms with E-state index in [1.165, 1.54) is 6.07 Å². The number of hydrogen-bond acceptors (Lipinski definition) is 3. The molecule has 0 aromatic carbocycles. The zero-order valence-corrected chi connectivity index (χ0v) is 10.2. The van der Waals surface area contributed by atoms with Gasteiger partial charge in [0.15, 0.2) is 0 Å². The average molecular weight is 259 g/mol. The molecule has 0 bridgehead atoms. The number of alkyl halides is 3. The Labute approximate surface area is 104 Å². The van der Waals surface area contributed by atoms with Crippen LogP contribution in [0.2, 0.25) is 0 Å². The number of aromatic nitrogens is 1. The lowest BCUT2D eigenvalue weighted by Crippen LogP contribution is -2.25. The summed E-state index contributed by atoms with van der Waals surface area (Å²) < 4.78 is 37.2. The minimum atomic E-state index is -4.31. The zero-order valence-electron chi connectivity index (χ0n) is 10.2. The minimum absolute atomic E-state index is 0.541. The maximum Gasteiger partial charge on any atom is 0.417 e. The standard InChI is InChI=1S/C12H16F3N3/c1-16-6-9-4-5-18(8-9)11-3-2-10(7-17-11)12(13,14)15/h2-3,7,9,16H,4-6,8H2,1H3. The van der Waals surface area contributed by atoms with Crippen LogP contribution in [0.25, 0.3) is 0 Å². The SMILES string of the molecule is CNCC1CCN(c2ccc(C(F)(F)F)cn2)C1. The summed E-state index contributed by atoms with van der Waals surface area (Å²) in [6.07, 6.45) is -2.37. The molecule has 0 saturated carbocycles. The average Bonchev–Trinajstić information content (AvgIpc) is 2.77. The van der Waals surface area contributed by atoms with Crippen LogP contribution in [-0.4, -0.2) is 31.7 Å². The molecular formula is C12H16F3N3. The highest BCUT2D eigenvalue weighted by Gasteiger charge is 2.31. The summed E-state index contributed by atoms with van der Waals surface area (Å²) in [6.45, 7) is 2.63. The highest BCUT2D eigenvalue weighted by molar-refractivity contribution is 5.41. The smallest absolute Gasteiger partial charge is 0.356 e. The molecule has 1 fully saturated rings. The number of halogens is 3. The summed E-state index contributed by atoms with van der Waals surface area (Å²) >= 11 is 0. The summed E-state index contributed by atoms with van der Waals surface area (Å²) in [7, 11) is 1.90. The molecule has 0 spiro atoms. The van der Waals surface area contributed by atoms with Gasteiger partial charge in [0.25, 0.3) is 0 Å². The molecule has 0 amide bonds. The van der Waals surface area contributed by atoms with Gasteiger partial charge in [-0.05, 0) is 38.1 Å². The monoisotopic (exact) mass is 259 g/mol. The van der Waals surface area contributed by atoms with Gasteiger partial charge in [-0.1, -0.05) is 0 Å². The highest BCUT2D eigenvalue weighted by atomic mass is 19.4. The molecule has 1 aliphatic rings. The molecule has 1 unspecified atom stereocenters. The van der Waals surface area contributed by atoms with E-state index >= 15 is 0 Å². The van der Waals surface area contributed by atoms with Crippen molar-refractivity contribution in [2.24, 2.45) is 5.92 Å². The number of pyridine rings is 1. The summed E-state index contributed by atoms with van der Waals surface area (Å²) in [5.74, 6) is 1.17. The molecule has 1 aromatic rings. The summed E-state index contributed by atoms with van der Waals surface area (Å²) in [6, 6.07) is 2.54. The number of hydrogen-bond donors (Lipinski definition) is 1. The molecule has 6 heteroatoms. The summed E-state index contributed by atoms with van der Waals surface area (Å²) in [5, 5.41) is 3.11. The predicted octanol–water partition coefficient (Wildman–Crippen LogP) is 2.15. The van der Waals surface area contributed by atoms with Crippen LogP contribution in [0.1, 0.15) is 12.0 Å². The van der Waals surface area contributed by atoms with E-state index in [0.717, 1.165) is 38.3 Å². The Kier molecular flexibility index (Phi) is 3.75. The van der Waals surface area contributed by atoms with Crippen LogP contribution in [-0.2, 0) is 6.18 Å². The maximum atomic E-state index is 12.4. The third kappa shape index (κ3) is 2.93. The van der Waals surface area contributed by atoms with Gasteiger partial charge in [-0.25, -0.2) is 4.98 Å². The van der Waals surface area contributed by atoms with Gasteiger partial charge in [0.1, 0.15) is 5.82 Å². The van der Waals surface area contributed by atoms with E-state index in [4.69, 9.17) is 0 Å². The maximum absolute atomic E-state index is 12.4. The zero-order chi connectivity index (χ0) is 13.2. The minimum Gasteiger partial charge on any atom is -0.356 e. The molecule has 0 radical (unpaired) electrons. The Balaban J connectivity index is 2.03. The Morgan fingerprint density at radius 1 is 1.44 bits per heavy atom. The van der Waals surface area contributed by atoms with Gasteiger partial charge in [-0.15, -0.1) is 0 Å². The normalized spacial score (nSPS) is 20.4. The van der Waals surface area contributed by atoms with E-state index in [0.29, 0.717) is 11.7 Å². The van der Waals surface area contributed by atoms with Crippen molar-refractivity contribution in [3.63, 3.8) is 0 Å². The number of anilines is 1. The van der Waals surface area contributed by atoms with Crippen LogP contribution in [0.4, 0.5) is 19.0 Å². The van der Waals surface area contributed by atoms with Gasteiger partial charge in [0, 0.05) is 19.3 Å². The van der Waals surface area contributed by atoms with Gasteiger partial charge in [0.2, 0.25) is 0 Å². The van der Waals surface area contributed by atoms with Gasteiger partial charge in [-0.3, -0.25) is 0 Å².